The summed E-state index contributed by atoms with van der Waals surface area (Å²) in [6, 6.07) is 12.5. The molecule has 2 aromatic rings. The van der Waals surface area contributed by atoms with E-state index in [4.69, 9.17) is 14.2 Å². The predicted molar refractivity (Wildman–Crippen MR) is 173 cm³/mol. The summed E-state index contributed by atoms with van der Waals surface area (Å²) in [5, 5.41) is 21.4. The number of aliphatic hydroxyl groups excluding tert-OH is 1. The Bertz CT molecular complexity index is 1620. The van der Waals surface area contributed by atoms with Crippen LogP contribution in [0, 0.1) is 11.8 Å². The van der Waals surface area contributed by atoms with Gasteiger partial charge < -0.3 is 34.2 Å². The number of carbonyl (C=O) groups excluding carboxylic acids is 4. The van der Waals surface area contributed by atoms with Gasteiger partial charge in [-0.1, -0.05) is 19.1 Å². The average Bonchev–Trinajstić information content (AvgIpc) is 3.88. The van der Waals surface area contributed by atoms with Gasteiger partial charge in [0.2, 0.25) is 5.91 Å². The quantitative estimate of drug-likeness (QED) is 0.435. The van der Waals surface area contributed by atoms with Gasteiger partial charge in [-0.25, -0.2) is 9.59 Å². The van der Waals surface area contributed by atoms with E-state index in [2.05, 4.69) is 0 Å². The molecule has 5 heterocycles. The van der Waals surface area contributed by atoms with Crippen molar-refractivity contribution < 1.29 is 43.6 Å². The number of benzene rings is 2. The van der Waals surface area contributed by atoms with Crippen LogP contribution in [0.1, 0.15) is 51.2 Å². The number of carbonyl (C=O) groups is 4. The largest absolute Gasteiger partial charge is 0.447 e. The molecule has 2 aromatic carbocycles. The maximum absolute atomic E-state index is 14.9. The Hall–Kier alpha value is -4.20. The molecule has 13 nitrogen and oxygen atoms in total. The molecule has 7 rings (SSSR count). The van der Waals surface area contributed by atoms with Gasteiger partial charge in [-0.05, 0) is 62.6 Å². The van der Waals surface area contributed by atoms with E-state index in [0.29, 0.717) is 55.3 Å². The second-order valence-electron chi connectivity index (χ2n) is 13.9. The Morgan fingerprint density at radius 2 is 1.60 bits per heavy atom. The first-order chi connectivity index (χ1) is 22.9. The summed E-state index contributed by atoms with van der Waals surface area (Å²) in [4.78, 5) is 59.6. The highest BCUT2D eigenvalue weighted by Gasteiger charge is 2.66. The molecule has 0 aromatic heterocycles. The van der Waals surface area contributed by atoms with Gasteiger partial charge in [0, 0.05) is 35.3 Å². The molecule has 0 saturated carbocycles. The summed E-state index contributed by atoms with van der Waals surface area (Å²) in [6.45, 7) is 7.24. The molecule has 256 valence electrons. The van der Waals surface area contributed by atoms with Gasteiger partial charge >= 0.3 is 12.2 Å². The van der Waals surface area contributed by atoms with E-state index >= 15 is 0 Å². The van der Waals surface area contributed by atoms with E-state index in [-0.39, 0.29) is 44.0 Å². The lowest BCUT2D eigenvalue weighted by Gasteiger charge is -2.34. The number of ether oxygens (including phenoxy) is 3. The van der Waals surface area contributed by atoms with Crippen molar-refractivity contribution in [3.05, 3.63) is 53.6 Å². The van der Waals surface area contributed by atoms with Gasteiger partial charge in [-0.3, -0.25) is 19.4 Å². The molecule has 2 N–H and O–H groups in total. The Balaban J connectivity index is 1.26. The molecule has 0 radical (unpaired) electrons. The number of hydrogen-bond acceptors (Lipinski definition) is 9. The molecule has 5 aliphatic heterocycles. The second kappa shape index (κ2) is 12.0. The number of anilines is 3. The van der Waals surface area contributed by atoms with Crippen molar-refractivity contribution in [1.29, 1.82) is 0 Å². The standard InChI is InChI=1S/C35H42N4O9/c1-21-30(34(2,3)45)28(18-29(41)36-12-4-5-25(36)20-40)48-35(21)26-17-24(38-14-16-47-33(38)44)10-11-27(26)39(31(35)42)19-22-6-8-23(9-7-22)37-13-15-46-32(37)43/h6-11,17,21,25,28,30,40,45H,4-5,12-16,18-20H2,1-3H3/t21-,25-,28+,30-,35+/m0/s1. The number of hydrogen-bond donors (Lipinski definition) is 2. The average molecular weight is 663 g/mol. The monoisotopic (exact) mass is 662 g/mol. The Kier molecular flexibility index (Phi) is 8.12. The molecular weight excluding hydrogens is 620 g/mol. The van der Waals surface area contributed by atoms with Gasteiger partial charge in [0.25, 0.3) is 5.91 Å². The van der Waals surface area contributed by atoms with Crippen LogP contribution in [-0.4, -0.2) is 96.3 Å². The molecule has 5 aliphatic rings. The molecule has 0 aliphatic carbocycles. The Morgan fingerprint density at radius 3 is 2.21 bits per heavy atom. The smallest absolute Gasteiger partial charge is 0.414 e. The maximum Gasteiger partial charge on any atom is 0.414 e. The van der Waals surface area contributed by atoms with Crippen LogP contribution in [0.5, 0.6) is 0 Å². The first-order valence-corrected chi connectivity index (χ1v) is 16.7. The highest BCUT2D eigenvalue weighted by molar-refractivity contribution is 6.08. The number of likely N-dealkylation sites (tertiary alicyclic amines) is 1. The second-order valence-corrected chi connectivity index (χ2v) is 13.9. The highest BCUT2D eigenvalue weighted by Crippen LogP contribution is 2.58. The number of rotatable bonds is 8. The number of aliphatic hydroxyl groups is 2. The van der Waals surface area contributed by atoms with Gasteiger partial charge in [-0.2, -0.15) is 0 Å². The normalized spacial score (nSPS) is 28.6. The zero-order chi connectivity index (χ0) is 34.0. The molecule has 0 bridgehead atoms. The third kappa shape index (κ3) is 5.19. The molecule has 13 heteroatoms. The Labute approximate surface area is 278 Å². The van der Waals surface area contributed by atoms with E-state index < -0.39 is 41.3 Å². The van der Waals surface area contributed by atoms with Crippen LogP contribution in [-0.2, 0) is 35.9 Å². The van der Waals surface area contributed by atoms with Gasteiger partial charge in [0.1, 0.15) is 13.2 Å². The third-order valence-corrected chi connectivity index (χ3v) is 10.7. The van der Waals surface area contributed by atoms with Crippen LogP contribution >= 0.6 is 0 Å². The summed E-state index contributed by atoms with van der Waals surface area (Å²) in [5.74, 6) is -1.68. The van der Waals surface area contributed by atoms with Crippen molar-refractivity contribution in [2.24, 2.45) is 11.8 Å². The van der Waals surface area contributed by atoms with E-state index in [9.17, 15) is 29.4 Å². The van der Waals surface area contributed by atoms with Crippen molar-refractivity contribution in [2.75, 3.05) is 54.2 Å². The zero-order valence-corrected chi connectivity index (χ0v) is 27.5. The van der Waals surface area contributed by atoms with E-state index in [1.807, 2.05) is 31.2 Å². The van der Waals surface area contributed by atoms with E-state index in [1.54, 1.807) is 46.7 Å². The molecule has 0 unspecified atom stereocenters. The predicted octanol–water partition coefficient (Wildman–Crippen LogP) is 3.14. The van der Waals surface area contributed by atoms with Gasteiger partial charge in [0.05, 0.1) is 56.1 Å². The molecule has 4 amide bonds. The summed E-state index contributed by atoms with van der Waals surface area (Å²) < 4.78 is 17.1. The van der Waals surface area contributed by atoms with Crippen LogP contribution in [0.2, 0.25) is 0 Å². The third-order valence-electron chi connectivity index (χ3n) is 10.7. The maximum atomic E-state index is 14.9. The van der Waals surface area contributed by atoms with Crippen LogP contribution in [0.4, 0.5) is 26.7 Å². The van der Waals surface area contributed by atoms with Crippen molar-refractivity contribution in [3.63, 3.8) is 0 Å². The lowest BCUT2D eigenvalue weighted by atomic mass is 9.70. The van der Waals surface area contributed by atoms with E-state index in [0.717, 1.165) is 12.0 Å². The number of amides is 4. The van der Waals surface area contributed by atoms with Crippen molar-refractivity contribution in [2.45, 2.75) is 69.9 Å². The van der Waals surface area contributed by atoms with Crippen molar-refractivity contribution in [3.8, 4) is 0 Å². The molecule has 1 spiro atoms. The number of fused-ring (bicyclic) bond motifs is 2. The van der Waals surface area contributed by atoms with Crippen molar-refractivity contribution in [1.82, 2.24) is 4.90 Å². The van der Waals surface area contributed by atoms with E-state index in [1.165, 1.54) is 4.90 Å². The summed E-state index contributed by atoms with van der Waals surface area (Å²) >= 11 is 0. The van der Waals surface area contributed by atoms with Gasteiger partial charge in [0.15, 0.2) is 5.60 Å². The summed E-state index contributed by atoms with van der Waals surface area (Å²) in [7, 11) is 0. The molecule has 48 heavy (non-hydrogen) atoms. The molecular formula is C35H42N4O9. The first-order valence-electron chi connectivity index (χ1n) is 16.7. The minimum Gasteiger partial charge on any atom is -0.447 e. The lowest BCUT2D eigenvalue weighted by molar-refractivity contribution is -0.150. The fourth-order valence-electron chi connectivity index (χ4n) is 8.45. The molecule has 5 atom stereocenters. The molecule has 4 fully saturated rings. The zero-order valence-electron chi connectivity index (χ0n) is 27.5. The minimum absolute atomic E-state index is 0.0571. The number of nitrogens with zero attached hydrogens (tertiary/aromatic N) is 4. The fraction of sp³-hybridized carbons (Fsp3) is 0.543. The summed E-state index contributed by atoms with van der Waals surface area (Å²) in [6.07, 6.45) is -0.223. The van der Waals surface area contributed by atoms with Crippen LogP contribution in [0.15, 0.2) is 42.5 Å². The van der Waals surface area contributed by atoms with Gasteiger partial charge in [-0.15, -0.1) is 0 Å². The fourth-order valence-corrected chi connectivity index (χ4v) is 8.45. The van der Waals surface area contributed by atoms with Crippen LogP contribution in [0.3, 0.4) is 0 Å². The first kappa shape index (κ1) is 32.4. The summed E-state index contributed by atoms with van der Waals surface area (Å²) in [5.41, 5.74) is 0.379. The topological polar surface area (TPSA) is 149 Å². The van der Waals surface area contributed by atoms with Crippen LogP contribution in [0.25, 0.3) is 0 Å². The van der Waals surface area contributed by atoms with Crippen LogP contribution < -0.4 is 14.7 Å². The molecule has 4 saturated heterocycles. The lowest BCUT2D eigenvalue weighted by Crippen LogP contribution is -2.46. The number of cyclic esters (lactones) is 2. The SMILES string of the molecule is C[C@H]1[C@H](C(C)(C)O)[C@@H](CC(=O)N2CCC[C@H]2CO)O[C@]12C(=O)N(Cc1ccc(N3CCOC3=O)cc1)c1ccc(N3CCOC3=O)cc12. The highest BCUT2D eigenvalue weighted by atomic mass is 16.6. The van der Waals surface area contributed by atoms with Crippen molar-refractivity contribution >= 4 is 41.1 Å². The minimum atomic E-state index is -1.55. The Morgan fingerprint density at radius 1 is 0.958 bits per heavy atom.